The Morgan fingerprint density at radius 3 is 2.74 bits per heavy atom. The number of nitrogens with zero attached hydrogens (tertiary/aromatic N) is 2. The summed E-state index contributed by atoms with van der Waals surface area (Å²) >= 11 is 1.53. The lowest BCUT2D eigenvalue weighted by atomic mass is 10.1. The van der Waals surface area contributed by atoms with Crippen molar-refractivity contribution in [3.63, 3.8) is 0 Å². The van der Waals surface area contributed by atoms with E-state index in [1.54, 1.807) is 53.6 Å². The summed E-state index contributed by atoms with van der Waals surface area (Å²) < 4.78 is 19.9. The van der Waals surface area contributed by atoms with E-state index in [2.05, 4.69) is 10.3 Å². The molecule has 8 heteroatoms. The molecular formula is C23H20FN3O3S. The molecule has 1 N–H and O–H groups in total. The molecule has 0 radical (unpaired) electrons. The molecule has 3 aromatic rings. The Labute approximate surface area is 183 Å². The van der Waals surface area contributed by atoms with Gasteiger partial charge in [-0.15, -0.1) is 11.8 Å². The number of amides is 2. The van der Waals surface area contributed by atoms with Crippen LogP contribution in [0, 0.1) is 5.82 Å². The van der Waals surface area contributed by atoms with E-state index in [1.807, 2.05) is 6.07 Å². The normalized spacial score (nSPS) is 15.5. The third-order valence-electron chi connectivity index (χ3n) is 4.79. The molecule has 0 spiro atoms. The average Bonchev–Trinajstić information content (AvgIpc) is 3.30. The van der Waals surface area contributed by atoms with E-state index < -0.39 is 11.9 Å². The number of carbonyl (C=O) groups excluding carboxylic acids is 2. The molecule has 31 heavy (non-hydrogen) atoms. The van der Waals surface area contributed by atoms with E-state index in [-0.39, 0.29) is 24.1 Å². The van der Waals surface area contributed by atoms with Gasteiger partial charge < -0.3 is 15.0 Å². The molecule has 4 rings (SSSR count). The van der Waals surface area contributed by atoms with Crippen LogP contribution in [0.3, 0.4) is 0 Å². The van der Waals surface area contributed by atoms with E-state index >= 15 is 0 Å². The summed E-state index contributed by atoms with van der Waals surface area (Å²) in [5.41, 5.74) is 1.14. The number of aromatic nitrogens is 1. The molecule has 1 atom stereocenters. The smallest absolute Gasteiger partial charge is 0.255 e. The molecule has 0 saturated carbocycles. The maximum atomic E-state index is 14.4. The van der Waals surface area contributed by atoms with Crippen LogP contribution in [-0.2, 0) is 11.3 Å². The Morgan fingerprint density at radius 1 is 1.16 bits per heavy atom. The van der Waals surface area contributed by atoms with Crippen molar-refractivity contribution in [2.75, 3.05) is 11.6 Å². The highest BCUT2D eigenvalue weighted by atomic mass is 32.2. The van der Waals surface area contributed by atoms with Gasteiger partial charge in [-0.2, -0.15) is 0 Å². The van der Waals surface area contributed by atoms with E-state index in [0.29, 0.717) is 28.5 Å². The van der Waals surface area contributed by atoms with Crippen molar-refractivity contribution in [3.8, 4) is 11.5 Å². The fourth-order valence-electron chi connectivity index (χ4n) is 3.19. The molecule has 2 amide bonds. The Hall–Kier alpha value is -3.39. The third kappa shape index (κ3) is 5.03. The largest absolute Gasteiger partial charge is 0.453 e. The molecule has 1 aliphatic rings. The van der Waals surface area contributed by atoms with Gasteiger partial charge in [0.15, 0.2) is 11.6 Å². The van der Waals surface area contributed by atoms with Gasteiger partial charge >= 0.3 is 0 Å². The molecule has 1 saturated heterocycles. The van der Waals surface area contributed by atoms with Crippen molar-refractivity contribution < 1.29 is 18.7 Å². The van der Waals surface area contributed by atoms with Crippen molar-refractivity contribution >= 4 is 23.6 Å². The maximum absolute atomic E-state index is 14.4. The lowest BCUT2D eigenvalue weighted by Crippen LogP contribution is -2.47. The topological polar surface area (TPSA) is 71.5 Å². The highest BCUT2D eigenvalue weighted by Gasteiger charge is 2.34. The molecule has 2 aromatic carbocycles. The SMILES string of the molecule is O=C(NCc1ccc(Oc2cccnc2)c(F)c1)C1CSCN1C(=O)c1ccccc1. The molecular weight excluding hydrogens is 417 g/mol. The van der Waals surface area contributed by atoms with Crippen molar-refractivity contribution in [2.24, 2.45) is 0 Å². The predicted molar refractivity (Wildman–Crippen MR) is 116 cm³/mol. The molecule has 158 valence electrons. The van der Waals surface area contributed by atoms with Gasteiger partial charge in [-0.1, -0.05) is 24.3 Å². The summed E-state index contributed by atoms with van der Waals surface area (Å²) in [4.78, 5) is 30.9. The van der Waals surface area contributed by atoms with Crippen LogP contribution in [0.25, 0.3) is 0 Å². The number of pyridine rings is 1. The first-order valence-corrected chi connectivity index (χ1v) is 10.8. The Balaban J connectivity index is 1.37. The molecule has 0 bridgehead atoms. The first-order chi connectivity index (χ1) is 15.1. The van der Waals surface area contributed by atoms with E-state index in [4.69, 9.17) is 4.74 Å². The first-order valence-electron chi connectivity index (χ1n) is 9.69. The van der Waals surface area contributed by atoms with Crippen molar-refractivity contribution in [1.82, 2.24) is 15.2 Å². The molecule has 6 nitrogen and oxygen atoms in total. The minimum Gasteiger partial charge on any atom is -0.453 e. The quantitative estimate of drug-likeness (QED) is 0.634. The van der Waals surface area contributed by atoms with Crippen LogP contribution in [-0.4, -0.2) is 39.4 Å². The summed E-state index contributed by atoms with van der Waals surface area (Å²) in [5.74, 6) is 0.531. The van der Waals surface area contributed by atoms with E-state index in [1.165, 1.54) is 30.1 Å². The molecule has 1 aromatic heterocycles. The van der Waals surface area contributed by atoms with Crippen LogP contribution in [0.4, 0.5) is 4.39 Å². The second-order valence-electron chi connectivity index (χ2n) is 6.93. The highest BCUT2D eigenvalue weighted by Crippen LogP contribution is 2.25. The molecule has 1 unspecified atom stereocenters. The average molecular weight is 437 g/mol. The van der Waals surface area contributed by atoms with Crippen LogP contribution in [0.1, 0.15) is 15.9 Å². The standard InChI is InChI=1S/C23H20FN3O3S/c24-19-11-16(8-9-21(19)30-18-7-4-10-25-13-18)12-26-22(28)20-14-31-15-27(20)23(29)17-5-2-1-3-6-17/h1-11,13,20H,12,14-15H2,(H,26,28). The fourth-order valence-corrected chi connectivity index (χ4v) is 4.34. The number of nitrogens with one attached hydrogen (secondary N) is 1. The maximum Gasteiger partial charge on any atom is 0.255 e. The van der Waals surface area contributed by atoms with E-state index in [0.717, 1.165) is 0 Å². The summed E-state index contributed by atoms with van der Waals surface area (Å²) in [7, 11) is 0. The minimum absolute atomic E-state index is 0.0786. The predicted octanol–water partition coefficient (Wildman–Crippen LogP) is 3.84. The van der Waals surface area contributed by atoms with Gasteiger partial charge in [0, 0.05) is 24.1 Å². The molecule has 2 heterocycles. The summed E-state index contributed by atoms with van der Waals surface area (Å²) in [6.45, 7) is 0.150. The number of hydrogen-bond acceptors (Lipinski definition) is 5. The van der Waals surface area contributed by atoms with Crippen molar-refractivity contribution in [1.29, 1.82) is 0 Å². The fraction of sp³-hybridized carbons (Fsp3) is 0.174. The van der Waals surface area contributed by atoms with Gasteiger partial charge in [-0.25, -0.2) is 4.39 Å². The minimum atomic E-state index is -0.559. The lowest BCUT2D eigenvalue weighted by molar-refractivity contribution is -0.124. The van der Waals surface area contributed by atoms with Gasteiger partial charge in [0.2, 0.25) is 5.91 Å². The van der Waals surface area contributed by atoms with Crippen molar-refractivity contribution in [2.45, 2.75) is 12.6 Å². The number of rotatable bonds is 6. The zero-order valence-corrected chi connectivity index (χ0v) is 17.3. The number of thioether (sulfide) groups is 1. The zero-order valence-electron chi connectivity index (χ0n) is 16.5. The van der Waals surface area contributed by atoms with Gasteiger partial charge in [-0.05, 0) is 42.0 Å². The van der Waals surface area contributed by atoms with Gasteiger partial charge in [0.25, 0.3) is 5.91 Å². The monoisotopic (exact) mass is 437 g/mol. The number of benzene rings is 2. The Morgan fingerprint density at radius 2 is 2.00 bits per heavy atom. The van der Waals surface area contributed by atoms with Crippen LogP contribution in [0.15, 0.2) is 73.1 Å². The summed E-state index contributed by atoms with van der Waals surface area (Å²) in [6, 6.07) is 16.2. The van der Waals surface area contributed by atoms with Crippen molar-refractivity contribution in [3.05, 3.63) is 90.0 Å². The van der Waals surface area contributed by atoms with Crippen LogP contribution < -0.4 is 10.1 Å². The summed E-state index contributed by atoms with van der Waals surface area (Å²) in [5, 5.41) is 2.81. The summed E-state index contributed by atoms with van der Waals surface area (Å²) in [6.07, 6.45) is 3.10. The highest BCUT2D eigenvalue weighted by molar-refractivity contribution is 7.99. The lowest BCUT2D eigenvalue weighted by Gasteiger charge is -2.23. The van der Waals surface area contributed by atoms with Gasteiger partial charge in [-0.3, -0.25) is 14.6 Å². The second kappa shape index (κ2) is 9.61. The molecule has 1 aliphatic heterocycles. The number of ether oxygens (including phenoxy) is 1. The molecule has 1 fully saturated rings. The van der Waals surface area contributed by atoms with Gasteiger partial charge in [0.1, 0.15) is 11.8 Å². The second-order valence-corrected chi connectivity index (χ2v) is 7.93. The first kappa shape index (κ1) is 20.9. The number of halogens is 1. The zero-order chi connectivity index (χ0) is 21.6. The van der Waals surface area contributed by atoms with Crippen LogP contribution in [0.2, 0.25) is 0 Å². The third-order valence-corrected chi connectivity index (χ3v) is 5.80. The Kier molecular flexibility index (Phi) is 6.47. The number of carbonyl (C=O) groups is 2. The molecule has 0 aliphatic carbocycles. The van der Waals surface area contributed by atoms with Crippen LogP contribution >= 0.6 is 11.8 Å². The van der Waals surface area contributed by atoms with E-state index in [9.17, 15) is 14.0 Å². The van der Waals surface area contributed by atoms with Gasteiger partial charge in [0.05, 0.1) is 12.1 Å². The number of hydrogen-bond donors (Lipinski definition) is 1. The Bertz CT molecular complexity index is 1070. The van der Waals surface area contributed by atoms with Crippen LogP contribution in [0.5, 0.6) is 11.5 Å².